The molecule has 30 heavy (non-hydrogen) atoms. The van der Waals surface area contributed by atoms with Gasteiger partial charge in [-0.25, -0.2) is 9.78 Å². The van der Waals surface area contributed by atoms with Gasteiger partial charge < -0.3 is 4.74 Å². The lowest BCUT2D eigenvalue weighted by Crippen LogP contribution is -2.08. The van der Waals surface area contributed by atoms with E-state index in [9.17, 15) is 28.1 Å². The molecule has 3 aromatic rings. The SMILES string of the molecule is COC(=O)c1cc(-c2cccc(C(F)(F)F)c2)nc2c1Cc1cc([N+](=O)[O-])ccc1-2. The van der Waals surface area contributed by atoms with Crippen molar-refractivity contribution in [1.82, 2.24) is 4.98 Å². The van der Waals surface area contributed by atoms with Crippen molar-refractivity contribution in [3.8, 4) is 22.5 Å². The minimum absolute atomic E-state index is 0.0979. The molecule has 0 radical (unpaired) electrons. The van der Waals surface area contributed by atoms with Gasteiger partial charge in [-0.2, -0.15) is 13.2 Å². The smallest absolute Gasteiger partial charge is 0.416 e. The van der Waals surface area contributed by atoms with Gasteiger partial charge in [0.25, 0.3) is 5.69 Å². The molecule has 0 aliphatic heterocycles. The highest BCUT2D eigenvalue weighted by Crippen LogP contribution is 2.41. The van der Waals surface area contributed by atoms with E-state index in [-0.39, 0.29) is 28.9 Å². The zero-order chi connectivity index (χ0) is 21.6. The molecular formula is C21H13F3N2O4. The maximum absolute atomic E-state index is 13.1. The first-order valence-electron chi connectivity index (χ1n) is 8.76. The number of carbonyl (C=O) groups is 1. The highest BCUT2D eigenvalue weighted by molar-refractivity contribution is 5.96. The number of benzene rings is 2. The molecule has 0 atom stereocenters. The van der Waals surface area contributed by atoms with Crippen molar-refractivity contribution in [2.45, 2.75) is 12.6 Å². The van der Waals surface area contributed by atoms with Crippen molar-refractivity contribution in [2.24, 2.45) is 0 Å². The number of methoxy groups -OCH3 is 1. The number of pyridine rings is 1. The van der Waals surface area contributed by atoms with Crippen LogP contribution in [0, 0.1) is 10.1 Å². The number of alkyl halides is 3. The van der Waals surface area contributed by atoms with E-state index >= 15 is 0 Å². The Labute approximate surface area is 168 Å². The molecule has 1 heterocycles. The second-order valence-electron chi connectivity index (χ2n) is 6.73. The third-order valence-electron chi connectivity index (χ3n) is 4.94. The van der Waals surface area contributed by atoms with Gasteiger partial charge in [0.05, 0.1) is 34.5 Å². The van der Waals surface area contributed by atoms with Crippen molar-refractivity contribution in [3.63, 3.8) is 0 Å². The summed E-state index contributed by atoms with van der Waals surface area (Å²) in [6.07, 6.45) is -4.30. The van der Waals surface area contributed by atoms with Crippen LogP contribution in [0.25, 0.3) is 22.5 Å². The molecule has 152 valence electrons. The zero-order valence-electron chi connectivity index (χ0n) is 15.5. The van der Waals surface area contributed by atoms with Crippen LogP contribution < -0.4 is 0 Å². The average molecular weight is 414 g/mol. The molecule has 0 saturated heterocycles. The van der Waals surface area contributed by atoms with Crippen LogP contribution in [-0.4, -0.2) is 23.0 Å². The molecule has 2 aromatic carbocycles. The van der Waals surface area contributed by atoms with Crippen LogP contribution in [0.3, 0.4) is 0 Å². The summed E-state index contributed by atoms with van der Waals surface area (Å²) in [6.45, 7) is 0. The van der Waals surface area contributed by atoms with E-state index in [0.29, 0.717) is 22.4 Å². The topological polar surface area (TPSA) is 82.3 Å². The number of nitro groups is 1. The summed E-state index contributed by atoms with van der Waals surface area (Å²) in [5.41, 5.74) is 1.71. The second-order valence-corrected chi connectivity index (χ2v) is 6.73. The molecule has 0 N–H and O–H groups in total. The van der Waals surface area contributed by atoms with Crippen LogP contribution in [0.5, 0.6) is 0 Å². The third kappa shape index (κ3) is 3.28. The Bertz CT molecular complexity index is 1210. The summed E-state index contributed by atoms with van der Waals surface area (Å²) in [7, 11) is 1.20. The molecule has 0 fully saturated rings. The Balaban J connectivity index is 1.91. The van der Waals surface area contributed by atoms with E-state index < -0.39 is 22.6 Å². The molecule has 0 saturated carbocycles. The molecule has 0 unspecified atom stereocenters. The number of ether oxygens (including phenoxy) is 1. The van der Waals surface area contributed by atoms with Gasteiger partial charge in [-0.15, -0.1) is 0 Å². The standard InChI is InChI=1S/C21H13F3N2O4/c1-30-20(27)17-10-18(11-3-2-4-13(7-11)21(22,23)24)25-19-15-6-5-14(26(28)29)8-12(15)9-16(17)19/h2-8,10H,9H2,1H3. The fourth-order valence-corrected chi connectivity index (χ4v) is 3.53. The van der Waals surface area contributed by atoms with Gasteiger partial charge in [-0.3, -0.25) is 10.1 Å². The van der Waals surface area contributed by atoms with Crippen LogP contribution in [0.15, 0.2) is 48.5 Å². The summed E-state index contributed by atoms with van der Waals surface area (Å²) >= 11 is 0. The lowest BCUT2D eigenvalue weighted by molar-refractivity contribution is -0.384. The number of esters is 1. The van der Waals surface area contributed by atoms with Crippen LogP contribution in [0.4, 0.5) is 18.9 Å². The molecule has 1 aliphatic rings. The number of aromatic nitrogens is 1. The normalized spacial score (nSPS) is 12.3. The van der Waals surface area contributed by atoms with E-state index in [1.807, 2.05) is 0 Å². The van der Waals surface area contributed by atoms with Crippen molar-refractivity contribution in [1.29, 1.82) is 0 Å². The molecule has 0 spiro atoms. The molecule has 1 aromatic heterocycles. The van der Waals surface area contributed by atoms with E-state index in [1.165, 1.54) is 43.5 Å². The maximum Gasteiger partial charge on any atom is 0.416 e. The minimum Gasteiger partial charge on any atom is -0.465 e. The second kappa shape index (κ2) is 6.94. The maximum atomic E-state index is 13.1. The van der Waals surface area contributed by atoms with Gasteiger partial charge in [0, 0.05) is 29.7 Å². The Morgan fingerprint density at radius 1 is 1.17 bits per heavy atom. The lowest BCUT2D eigenvalue weighted by atomic mass is 10.0. The zero-order valence-corrected chi connectivity index (χ0v) is 15.5. The number of halogens is 3. The number of non-ortho nitro benzene ring substituents is 1. The molecule has 6 nitrogen and oxygen atoms in total. The average Bonchev–Trinajstić information content (AvgIpc) is 3.09. The number of carbonyl (C=O) groups excluding carboxylic acids is 1. The van der Waals surface area contributed by atoms with Gasteiger partial charge in [-0.05, 0) is 35.4 Å². The quantitative estimate of drug-likeness (QED) is 0.267. The highest BCUT2D eigenvalue weighted by atomic mass is 19.4. The molecule has 1 aliphatic carbocycles. The predicted molar refractivity (Wildman–Crippen MR) is 101 cm³/mol. The molecule has 0 bridgehead atoms. The third-order valence-corrected chi connectivity index (χ3v) is 4.94. The minimum atomic E-state index is -4.52. The van der Waals surface area contributed by atoms with Crippen molar-refractivity contribution < 1.29 is 27.6 Å². The molecule has 4 rings (SSSR count). The monoisotopic (exact) mass is 414 g/mol. The number of hydrogen-bond acceptors (Lipinski definition) is 5. The molecular weight excluding hydrogens is 401 g/mol. The summed E-state index contributed by atoms with van der Waals surface area (Å²) in [4.78, 5) is 27.4. The van der Waals surface area contributed by atoms with E-state index in [4.69, 9.17) is 4.74 Å². The largest absolute Gasteiger partial charge is 0.465 e. The molecule has 0 amide bonds. The lowest BCUT2D eigenvalue weighted by Gasteiger charge is -2.12. The number of rotatable bonds is 3. The van der Waals surface area contributed by atoms with Crippen LogP contribution in [0.2, 0.25) is 0 Å². The number of nitrogens with zero attached hydrogens (tertiary/aromatic N) is 2. The van der Waals surface area contributed by atoms with E-state index in [0.717, 1.165) is 12.1 Å². The Hall–Kier alpha value is -3.75. The number of fused-ring (bicyclic) bond motifs is 3. The van der Waals surface area contributed by atoms with E-state index in [2.05, 4.69) is 4.98 Å². The summed E-state index contributed by atoms with van der Waals surface area (Å²) < 4.78 is 44.2. The van der Waals surface area contributed by atoms with Gasteiger partial charge in [0.15, 0.2) is 0 Å². The van der Waals surface area contributed by atoms with Gasteiger partial charge >= 0.3 is 12.1 Å². The number of nitro benzene ring substituents is 1. The van der Waals surface area contributed by atoms with E-state index in [1.54, 1.807) is 0 Å². The predicted octanol–water partition coefficient (Wildman–Crippen LogP) is 5.03. The Morgan fingerprint density at radius 3 is 2.60 bits per heavy atom. The van der Waals surface area contributed by atoms with Crippen molar-refractivity contribution in [2.75, 3.05) is 7.11 Å². The Morgan fingerprint density at radius 2 is 1.93 bits per heavy atom. The van der Waals surface area contributed by atoms with Crippen LogP contribution in [-0.2, 0) is 17.3 Å². The molecule has 9 heteroatoms. The highest BCUT2D eigenvalue weighted by Gasteiger charge is 2.32. The first kappa shape index (κ1) is 19.6. The fourth-order valence-electron chi connectivity index (χ4n) is 3.53. The number of hydrogen-bond donors (Lipinski definition) is 0. The fraction of sp³-hybridized carbons (Fsp3) is 0.143. The van der Waals surface area contributed by atoms with Gasteiger partial charge in [0.1, 0.15) is 0 Å². The summed E-state index contributed by atoms with van der Waals surface area (Å²) in [6, 6.07) is 10.3. The summed E-state index contributed by atoms with van der Waals surface area (Å²) in [5.74, 6) is -0.663. The van der Waals surface area contributed by atoms with Gasteiger partial charge in [0.2, 0.25) is 0 Å². The van der Waals surface area contributed by atoms with Crippen molar-refractivity contribution in [3.05, 3.63) is 80.9 Å². The Kier molecular flexibility index (Phi) is 4.53. The summed E-state index contributed by atoms with van der Waals surface area (Å²) in [5, 5.41) is 11.1. The van der Waals surface area contributed by atoms with Gasteiger partial charge in [-0.1, -0.05) is 12.1 Å². The van der Waals surface area contributed by atoms with Crippen LogP contribution in [0.1, 0.15) is 27.0 Å². The first-order valence-corrected chi connectivity index (χ1v) is 8.76. The van der Waals surface area contributed by atoms with Crippen molar-refractivity contribution >= 4 is 11.7 Å². The first-order chi connectivity index (χ1) is 14.2. The van der Waals surface area contributed by atoms with Crippen LogP contribution >= 0.6 is 0 Å².